The van der Waals surface area contributed by atoms with E-state index in [4.69, 9.17) is 14.2 Å². The highest BCUT2D eigenvalue weighted by Crippen LogP contribution is 2.30. The van der Waals surface area contributed by atoms with E-state index in [1.165, 1.54) is 5.56 Å². The molecule has 2 aromatic rings. The summed E-state index contributed by atoms with van der Waals surface area (Å²) in [7, 11) is 4.98. The summed E-state index contributed by atoms with van der Waals surface area (Å²) < 4.78 is 16.3. The fraction of sp³-hybridized carbons (Fsp3) is 0.409. The van der Waals surface area contributed by atoms with E-state index >= 15 is 0 Å². The number of ether oxygens (including phenoxy) is 3. The van der Waals surface area contributed by atoms with Crippen LogP contribution in [0.25, 0.3) is 0 Å². The second kappa shape index (κ2) is 9.31. The maximum absolute atomic E-state index is 12.4. The van der Waals surface area contributed by atoms with Gasteiger partial charge in [-0.05, 0) is 53.8 Å². The van der Waals surface area contributed by atoms with Gasteiger partial charge in [0, 0.05) is 13.6 Å². The van der Waals surface area contributed by atoms with Crippen LogP contribution >= 0.6 is 0 Å². The second-order valence-corrected chi connectivity index (χ2v) is 6.90. The van der Waals surface area contributed by atoms with E-state index in [1.807, 2.05) is 43.3 Å². The van der Waals surface area contributed by atoms with Crippen LogP contribution in [0.1, 0.15) is 36.5 Å². The first-order valence-electron chi connectivity index (χ1n) is 9.04. The summed E-state index contributed by atoms with van der Waals surface area (Å²) in [4.78, 5) is 14.1. The lowest BCUT2D eigenvalue weighted by atomic mass is 10.0. The van der Waals surface area contributed by atoms with E-state index in [2.05, 4.69) is 13.8 Å². The lowest BCUT2D eigenvalue weighted by Crippen LogP contribution is -2.31. The predicted octanol–water partition coefficient (Wildman–Crippen LogP) is 4.17. The molecule has 5 heteroatoms. The minimum Gasteiger partial charge on any atom is -0.493 e. The number of carbonyl (C=O) groups is 1. The Morgan fingerprint density at radius 1 is 1.04 bits per heavy atom. The van der Waals surface area contributed by atoms with Crippen molar-refractivity contribution in [3.05, 3.63) is 53.1 Å². The normalized spacial score (nSPS) is 10.6. The van der Waals surface area contributed by atoms with Crippen molar-refractivity contribution < 1.29 is 19.0 Å². The van der Waals surface area contributed by atoms with Crippen molar-refractivity contribution in [1.82, 2.24) is 4.90 Å². The molecule has 0 fully saturated rings. The highest BCUT2D eigenvalue weighted by atomic mass is 16.5. The predicted molar refractivity (Wildman–Crippen MR) is 107 cm³/mol. The second-order valence-electron chi connectivity index (χ2n) is 6.90. The van der Waals surface area contributed by atoms with Gasteiger partial charge < -0.3 is 19.1 Å². The molecule has 0 aliphatic heterocycles. The van der Waals surface area contributed by atoms with Gasteiger partial charge in [0.25, 0.3) is 5.91 Å². The minimum absolute atomic E-state index is 0.00383. The molecule has 27 heavy (non-hydrogen) atoms. The van der Waals surface area contributed by atoms with Crippen LogP contribution in [-0.4, -0.2) is 38.7 Å². The standard InChI is InChI=1S/C22H29NO4/c1-15(2)17-7-9-19(10-8-17)27-14-22(24)23(4)13-18-12-21(26-6)20(25-5)11-16(18)3/h7-12,15H,13-14H2,1-6H3. The number of likely N-dealkylation sites (N-methyl/N-ethyl adjacent to an activating group) is 1. The van der Waals surface area contributed by atoms with Crippen molar-refractivity contribution >= 4 is 5.91 Å². The van der Waals surface area contributed by atoms with Crippen LogP contribution in [0.4, 0.5) is 0 Å². The lowest BCUT2D eigenvalue weighted by molar-refractivity contribution is -0.132. The molecule has 0 aliphatic carbocycles. The lowest BCUT2D eigenvalue weighted by Gasteiger charge is -2.20. The third-order valence-corrected chi connectivity index (χ3v) is 4.58. The molecule has 0 bridgehead atoms. The Labute approximate surface area is 161 Å². The molecule has 2 rings (SSSR count). The first-order chi connectivity index (χ1) is 12.8. The Bertz CT molecular complexity index is 769. The molecule has 146 valence electrons. The summed E-state index contributed by atoms with van der Waals surface area (Å²) >= 11 is 0. The molecule has 5 nitrogen and oxygen atoms in total. The highest BCUT2D eigenvalue weighted by Gasteiger charge is 2.14. The summed E-state index contributed by atoms with van der Waals surface area (Å²) in [5.41, 5.74) is 3.29. The summed E-state index contributed by atoms with van der Waals surface area (Å²) in [6, 6.07) is 11.7. The zero-order chi connectivity index (χ0) is 20.0. The summed E-state index contributed by atoms with van der Waals surface area (Å²) in [5.74, 6) is 2.42. The molecule has 0 aromatic heterocycles. The van der Waals surface area contributed by atoms with E-state index in [-0.39, 0.29) is 12.5 Å². The zero-order valence-electron chi connectivity index (χ0n) is 17.0. The van der Waals surface area contributed by atoms with Gasteiger partial charge in [-0.15, -0.1) is 0 Å². The molecule has 0 saturated carbocycles. The molecular weight excluding hydrogens is 342 g/mol. The number of hydrogen-bond donors (Lipinski definition) is 0. The van der Waals surface area contributed by atoms with Crippen LogP contribution < -0.4 is 14.2 Å². The maximum Gasteiger partial charge on any atom is 0.260 e. The number of carbonyl (C=O) groups excluding carboxylic acids is 1. The zero-order valence-corrected chi connectivity index (χ0v) is 17.0. The molecular formula is C22H29NO4. The van der Waals surface area contributed by atoms with Gasteiger partial charge in [0.05, 0.1) is 14.2 Å². The van der Waals surface area contributed by atoms with E-state index in [1.54, 1.807) is 26.2 Å². The molecule has 0 unspecified atom stereocenters. The van der Waals surface area contributed by atoms with Gasteiger partial charge in [-0.25, -0.2) is 0 Å². The monoisotopic (exact) mass is 371 g/mol. The van der Waals surface area contributed by atoms with E-state index in [0.29, 0.717) is 29.7 Å². The van der Waals surface area contributed by atoms with E-state index < -0.39 is 0 Å². The molecule has 2 aromatic carbocycles. The third-order valence-electron chi connectivity index (χ3n) is 4.58. The fourth-order valence-corrected chi connectivity index (χ4v) is 2.74. The van der Waals surface area contributed by atoms with Crippen molar-refractivity contribution in [3.63, 3.8) is 0 Å². The Morgan fingerprint density at radius 3 is 2.19 bits per heavy atom. The Kier molecular flexibility index (Phi) is 7.11. The van der Waals surface area contributed by atoms with Crippen LogP contribution in [0.5, 0.6) is 17.2 Å². The first-order valence-corrected chi connectivity index (χ1v) is 9.04. The van der Waals surface area contributed by atoms with Gasteiger partial charge >= 0.3 is 0 Å². The minimum atomic E-state index is -0.0860. The summed E-state index contributed by atoms with van der Waals surface area (Å²) in [6.45, 7) is 6.75. The molecule has 0 aliphatic rings. The number of nitrogens with zero attached hydrogens (tertiary/aromatic N) is 1. The number of rotatable bonds is 8. The molecule has 0 N–H and O–H groups in total. The van der Waals surface area contributed by atoms with E-state index in [9.17, 15) is 4.79 Å². The van der Waals surface area contributed by atoms with Crippen molar-refractivity contribution in [2.75, 3.05) is 27.9 Å². The molecule has 0 atom stereocenters. The van der Waals surface area contributed by atoms with Gasteiger partial charge in [-0.3, -0.25) is 4.79 Å². The third kappa shape index (κ3) is 5.39. The van der Waals surface area contributed by atoms with Crippen LogP contribution in [0, 0.1) is 6.92 Å². The highest BCUT2D eigenvalue weighted by molar-refractivity contribution is 5.77. The average Bonchev–Trinajstić information content (AvgIpc) is 2.67. The quantitative estimate of drug-likeness (QED) is 0.699. The van der Waals surface area contributed by atoms with Gasteiger partial charge in [0.1, 0.15) is 5.75 Å². The first kappa shape index (κ1) is 20.6. The van der Waals surface area contributed by atoms with Crippen LogP contribution in [-0.2, 0) is 11.3 Å². The number of aryl methyl sites for hydroxylation is 1. The molecule has 0 radical (unpaired) electrons. The van der Waals surface area contributed by atoms with E-state index in [0.717, 1.165) is 11.1 Å². The van der Waals surface area contributed by atoms with Crippen molar-refractivity contribution in [1.29, 1.82) is 0 Å². The Hall–Kier alpha value is -2.69. The van der Waals surface area contributed by atoms with Crippen molar-refractivity contribution in [2.24, 2.45) is 0 Å². The Morgan fingerprint density at radius 2 is 1.63 bits per heavy atom. The molecule has 1 amide bonds. The fourth-order valence-electron chi connectivity index (χ4n) is 2.74. The summed E-state index contributed by atoms with van der Waals surface area (Å²) in [5, 5.41) is 0. The number of methoxy groups -OCH3 is 2. The largest absolute Gasteiger partial charge is 0.493 e. The number of hydrogen-bond acceptors (Lipinski definition) is 4. The molecule has 0 heterocycles. The van der Waals surface area contributed by atoms with Gasteiger partial charge in [0.15, 0.2) is 18.1 Å². The van der Waals surface area contributed by atoms with Crippen molar-refractivity contribution in [3.8, 4) is 17.2 Å². The topological polar surface area (TPSA) is 48.0 Å². The smallest absolute Gasteiger partial charge is 0.260 e. The number of amides is 1. The number of benzene rings is 2. The van der Waals surface area contributed by atoms with Crippen LogP contribution in [0.3, 0.4) is 0 Å². The maximum atomic E-state index is 12.4. The van der Waals surface area contributed by atoms with Gasteiger partial charge in [-0.1, -0.05) is 26.0 Å². The Balaban J connectivity index is 1.97. The average molecular weight is 371 g/mol. The van der Waals surface area contributed by atoms with Gasteiger partial charge in [-0.2, -0.15) is 0 Å². The van der Waals surface area contributed by atoms with Gasteiger partial charge in [0.2, 0.25) is 0 Å². The van der Waals surface area contributed by atoms with Crippen molar-refractivity contribution in [2.45, 2.75) is 33.2 Å². The summed E-state index contributed by atoms with van der Waals surface area (Å²) in [6.07, 6.45) is 0. The van der Waals surface area contributed by atoms with Crippen LogP contribution in [0.15, 0.2) is 36.4 Å². The molecule has 0 spiro atoms. The van der Waals surface area contributed by atoms with Crippen LogP contribution in [0.2, 0.25) is 0 Å². The molecule has 0 saturated heterocycles. The SMILES string of the molecule is COc1cc(C)c(CN(C)C(=O)COc2ccc(C(C)C)cc2)cc1OC.